The van der Waals surface area contributed by atoms with E-state index in [1.54, 1.807) is 0 Å². The van der Waals surface area contributed by atoms with Gasteiger partial charge in [0.1, 0.15) is 5.82 Å². The van der Waals surface area contributed by atoms with Gasteiger partial charge in [0.2, 0.25) is 0 Å². The fourth-order valence-electron chi connectivity index (χ4n) is 2.11. The molecule has 1 unspecified atom stereocenters. The summed E-state index contributed by atoms with van der Waals surface area (Å²) in [5.74, 6) is 1.40. The molecule has 0 saturated heterocycles. The molecule has 0 spiro atoms. The predicted molar refractivity (Wildman–Crippen MR) is 73.6 cm³/mol. The van der Waals surface area contributed by atoms with Crippen LogP contribution in [0.1, 0.15) is 33.0 Å². The monoisotopic (exact) mass is 244 g/mol. The molecule has 1 atom stereocenters. The minimum Gasteiger partial charge on any atom is -0.320 e. The van der Waals surface area contributed by atoms with Crippen molar-refractivity contribution in [3.05, 3.63) is 30.1 Å². The van der Waals surface area contributed by atoms with Crippen molar-refractivity contribution >= 4 is 16.8 Å². The Kier molecular flexibility index (Phi) is 3.80. The molecule has 96 valence electrons. The second-order valence-corrected chi connectivity index (χ2v) is 4.73. The molecular formula is C15H20N2O. The molecule has 0 bridgehead atoms. The average Bonchev–Trinajstić information content (AvgIpc) is 2.76. The van der Waals surface area contributed by atoms with Gasteiger partial charge in [-0.05, 0) is 18.6 Å². The fourth-order valence-corrected chi connectivity index (χ4v) is 2.11. The third kappa shape index (κ3) is 2.30. The lowest BCUT2D eigenvalue weighted by Crippen LogP contribution is -2.18. The average molecular weight is 244 g/mol. The predicted octanol–water partition coefficient (Wildman–Crippen LogP) is 3.21. The van der Waals surface area contributed by atoms with E-state index in [0.717, 1.165) is 29.7 Å². The maximum atomic E-state index is 12.1. The summed E-state index contributed by atoms with van der Waals surface area (Å²) < 4.78 is 2.06. The molecule has 0 amide bonds. The quantitative estimate of drug-likeness (QED) is 0.809. The Morgan fingerprint density at radius 1 is 1.33 bits per heavy atom. The summed E-state index contributed by atoms with van der Waals surface area (Å²) in [5, 5.41) is 0. The van der Waals surface area contributed by atoms with Crippen molar-refractivity contribution in [1.29, 1.82) is 0 Å². The van der Waals surface area contributed by atoms with Crippen molar-refractivity contribution in [3.63, 3.8) is 0 Å². The molecule has 3 nitrogen and oxygen atoms in total. The van der Waals surface area contributed by atoms with Crippen LogP contribution in [0.2, 0.25) is 0 Å². The van der Waals surface area contributed by atoms with Crippen LogP contribution in [0, 0.1) is 5.92 Å². The fraction of sp³-hybridized carbons (Fsp3) is 0.467. The number of imidazole rings is 1. The largest absolute Gasteiger partial charge is 0.320 e. The van der Waals surface area contributed by atoms with E-state index < -0.39 is 0 Å². The Bertz CT molecular complexity index is 557. The Balaban J connectivity index is 2.39. The molecule has 0 radical (unpaired) electrons. The second-order valence-electron chi connectivity index (χ2n) is 4.73. The molecule has 1 aromatic carbocycles. The van der Waals surface area contributed by atoms with Crippen molar-refractivity contribution in [3.8, 4) is 0 Å². The van der Waals surface area contributed by atoms with Gasteiger partial charge in [0.25, 0.3) is 0 Å². The van der Waals surface area contributed by atoms with Gasteiger partial charge in [-0.1, -0.05) is 32.9 Å². The lowest BCUT2D eigenvalue weighted by Gasteiger charge is -2.11. The first-order chi connectivity index (χ1) is 8.67. The number of hydrogen-bond donors (Lipinski definition) is 0. The summed E-state index contributed by atoms with van der Waals surface area (Å²) in [4.78, 5) is 16.7. The number of fused-ring (bicyclic) bond motifs is 1. The number of Topliss-reactive ketones (excluding diaryl/α,β-unsaturated/α-hetero) is 1. The topological polar surface area (TPSA) is 34.9 Å². The van der Waals surface area contributed by atoms with Crippen LogP contribution in [0.4, 0.5) is 0 Å². The van der Waals surface area contributed by atoms with E-state index in [2.05, 4.69) is 23.4 Å². The zero-order valence-electron chi connectivity index (χ0n) is 11.3. The molecular weight excluding hydrogens is 224 g/mol. The van der Waals surface area contributed by atoms with E-state index in [1.807, 2.05) is 31.2 Å². The van der Waals surface area contributed by atoms with E-state index in [0.29, 0.717) is 6.54 Å². The summed E-state index contributed by atoms with van der Waals surface area (Å²) in [5.41, 5.74) is 2.04. The van der Waals surface area contributed by atoms with Gasteiger partial charge in [-0.3, -0.25) is 4.79 Å². The van der Waals surface area contributed by atoms with E-state index >= 15 is 0 Å². The number of nitrogens with zero attached hydrogens (tertiary/aromatic N) is 2. The molecule has 0 aliphatic heterocycles. The molecule has 1 heterocycles. The zero-order chi connectivity index (χ0) is 13.1. The highest BCUT2D eigenvalue weighted by Crippen LogP contribution is 2.17. The molecule has 0 aliphatic rings. The zero-order valence-corrected chi connectivity index (χ0v) is 11.3. The number of aromatic nitrogens is 2. The minimum atomic E-state index is 0.121. The van der Waals surface area contributed by atoms with E-state index in [1.165, 1.54) is 0 Å². The number of hydrogen-bond acceptors (Lipinski definition) is 2. The van der Waals surface area contributed by atoms with Gasteiger partial charge < -0.3 is 4.57 Å². The highest BCUT2D eigenvalue weighted by Gasteiger charge is 2.15. The number of carbonyl (C=O) groups is 1. The van der Waals surface area contributed by atoms with Crippen LogP contribution in [0.25, 0.3) is 11.0 Å². The number of para-hydroxylation sites is 2. The summed E-state index contributed by atoms with van der Waals surface area (Å²) in [7, 11) is 0. The smallest absolute Gasteiger partial charge is 0.155 e. The Morgan fingerprint density at radius 3 is 2.72 bits per heavy atom. The Hall–Kier alpha value is -1.64. The molecule has 0 saturated carbocycles. The SMILES string of the molecule is CCc1nc2ccccc2n1CC(=O)C(C)CC. The van der Waals surface area contributed by atoms with Crippen molar-refractivity contribution in [1.82, 2.24) is 9.55 Å². The maximum Gasteiger partial charge on any atom is 0.155 e. The molecule has 3 heteroatoms. The molecule has 2 aromatic rings. The molecule has 0 fully saturated rings. The molecule has 18 heavy (non-hydrogen) atoms. The lowest BCUT2D eigenvalue weighted by atomic mass is 10.0. The first-order valence-electron chi connectivity index (χ1n) is 6.64. The van der Waals surface area contributed by atoms with Gasteiger partial charge in [-0.2, -0.15) is 0 Å². The van der Waals surface area contributed by atoms with Crippen LogP contribution in [0.15, 0.2) is 24.3 Å². The summed E-state index contributed by atoms with van der Waals surface area (Å²) in [6.07, 6.45) is 1.75. The van der Waals surface area contributed by atoms with Crippen LogP contribution in [0.5, 0.6) is 0 Å². The van der Waals surface area contributed by atoms with Crippen molar-refractivity contribution in [2.75, 3.05) is 0 Å². The third-order valence-electron chi connectivity index (χ3n) is 3.53. The first-order valence-corrected chi connectivity index (χ1v) is 6.64. The maximum absolute atomic E-state index is 12.1. The normalized spacial score (nSPS) is 12.8. The molecule has 2 rings (SSSR count). The number of ketones is 1. The number of benzene rings is 1. The first kappa shape index (κ1) is 12.8. The molecule has 0 aliphatic carbocycles. The van der Waals surface area contributed by atoms with E-state index in [9.17, 15) is 4.79 Å². The summed E-state index contributed by atoms with van der Waals surface area (Å²) in [6, 6.07) is 8.01. The summed E-state index contributed by atoms with van der Waals surface area (Å²) in [6.45, 7) is 6.56. The number of carbonyl (C=O) groups excluding carboxylic acids is 1. The molecule has 0 N–H and O–H groups in total. The minimum absolute atomic E-state index is 0.121. The lowest BCUT2D eigenvalue weighted by molar-refractivity contribution is -0.123. The number of rotatable bonds is 5. The highest BCUT2D eigenvalue weighted by atomic mass is 16.1. The highest BCUT2D eigenvalue weighted by molar-refractivity contribution is 5.83. The van der Waals surface area contributed by atoms with Crippen LogP contribution in [-0.2, 0) is 17.8 Å². The van der Waals surface area contributed by atoms with Crippen molar-refractivity contribution < 1.29 is 4.79 Å². The van der Waals surface area contributed by atoms with Gasteiger partial charge in [0.15, 0.2) is 5.78 Å². The van der Waals surface area contributed by atoms with Gasteiger partial charge >= 0.3 is 0 Å². The second kappa shape index (κ2) is 5.34. The van der Waals surface area contributed by atoms with E-state index in [-0.39, 0.29) is 11.7 Å². The van der Waals surface area contributed by atoms with Crippen LogP contribution in [0.3, 0.4) is 0 Å². The standard InChI is InChI=1S/C15H20N2O/c1-4-11(3)14(18)10-17-13-9-7-6-8-12(13)16-15(17)5-2/h6-9,11H,4-5,10H2,1-3H3. The van der Waals surface area contributed by atoms with Gasteiger partial charge in [0, 0.05) is 12.3 Å². The van der Waals surface area contributed by atoms with Crippen molar-refractivity contribution in [2.24, 2.45) is 5.92 Å². The Labute approximate surface area is 108 Å². The van der Waals surface area contributed by atoms with Gasteiger partial charge in [0.05, 0.1) is 17.6 Å². The summed E-state index contributed by atoms with van der Waals surface area (Å²) >= 11 is 0. The van der Waals surface area contributed by atoms with E-state index in [4.69, 9.17) is 0 Å². The van der Waals surface area contributed by atoms with Crippen LogP contribution in [-0.4, -0.2) is 15.3 Å². The van der Waals surface area contributed by atoms with Crippen LogP contribution < -0.4 is 0 Å². The van der Waals surface area contributed by atoms with Crippen LogP contribution >= 0.6 is 0 Å². The number of aryl methyl sites for hydroxylation is 1. The molecule has 1 aromatic heterocycles. The van der Waals surface area contributed by atoms with Gasteiger partial charge in [-0.25, -0.2) is 4.98 Å². The van der Waals surface area contributed by atoms with Crippen molar-refractivity contribution in [2.45, 2.75) is 40.2 Å². The van der Waals surface area contributed by atoms with Gasteiger partial charge in [-0.15, -0.1) is 0 Å². The third-order valence-corrected chi connectivity index (χ3v) is 3.53. The Morgan fingerprint density at radius 2 is 2.06 bits per heavy atom.